The Morgan fingerprint density at radius 2 is 1.76 bits per heavy atom. The van der Waals surface area contributed by atoms with E-state index in [1.165, 1.54) is 22.9 Å². The standard InChI is InChI=1S/C30H27N3O3S/c1-3-21-14-20(2)15-25(16-21)36-13-12-35-24-11-7-8-22(17-24)18-26-28(31)33-27(23-9-5-4-6-10-23)19-37-30(33)32-29(26)34/h4-11,14-19,31H,3,12-13H2,1-2H3/b26-18-,31-28?. The molecule has 0 aliphatic carbocycles. The monoisotopic (exact) mass is 509 g/mol. The summed E-state index contributed by atoms with van der Waals surface area (Å²) >= 11 is 1.35. The van der Waals surface area contributed by atoms with Crippen molar-refractivity contribution in [3.05, 3.63) is 106 Å². The number of thioether (sulfide) groups is 1. The molecule has 5 rings (SSSR count). The van der Waals surface area contributed by atoms with E-state index >= 15 is 0 Å². The Bertz CT molecular complexity index is 1440. The Balaban J connectivity index is 1.27. The first kappa shape index (κ1) is 24.6. The van der Waals surface area contributed by atoms with Crippen LogP contribution in [-0.2, 0) is 11.2 Å². The van der Waals surface area contributed by atoms with Gasteiger partial charge in [-0.2, -0.15) is 4.99 Å². The molecule has 0 unspecified atom stereocenters. The molecule has 0 bridgehead atoms. The lowest BCUT2D eigenvalue weighted by Crippen LogP contribution is -2.38. The van der Waals surface area contributed by atoms with Crippen LogP contribution in [-0.4, -0.2) is 35.0 Å². The van der Waals surface area contributed by atoms with Gasteiger partial charge in [-0.05, 0) is 65.9 Å². The molecule has 2 aliphatic rings. The topological polar surface area (TPSA) is 75.0 Å². The summed E-state index contributed by atoms with van der Waals surface area (Å²) < 4.78 is 11.8. The van der Waals surface area contributed by atoms with Gasteiger partial charge in [0.2, 0.25) is 0 Å². The molecular weight excluding hydrogens is 482 g/mol. The Morgan fingerprint density at radius 3 is 2.54 bits per heavy atom. The molecule has 0 fully saturated rings. The van der Waals surface area contributed by atoms with E-state index in [2.05, 4.69) is 31.0 Å². The van der Waals surface area contributed by atoms with E-state index in [1.807, 2.05) is 66.1 Å². The summed E-state index contributed by atoms with van der Waals surface area (Å²) in [7, 11) is 0. The van der Waals surface area contributed by atoms with Gasteiger partial charge in [0.15, 0.2) is 5.17 Å². The van der Waals surface area contributed by atoms with Crippen LogP contribution >= 0.6 is 11.8 Å². The van der Waals surface area contributed by atoms with Gasteiger partial charge in [0.05, 0.1) is 11.3 Å². The number of hydrogen-bond donors (Lipinski definition) is 1. The highest BCUT2D eigenvalue weighted by Crippen LogP contribution is 2.37. The largest absolute Gasteiger partial charge is 0.490 e. The average molecular weight is 510 g/mol. The molecule has 1 N–H and O–H groups in total. The van der Waals surface area contributed by atoms with Crippen LogP contribution in [0.1, 0.15) is 29.2 Å². The summed E-state index contributed by atoms with van der Waals surface area (Å²) in [5.74, 6) is 1.20. The second-order valence-electron chi connectivity index (χ2n) is 8.71. The van der Waals surface area contributed by atoms with Crippen molar-refractivity contribution in [1.29, 1.82) is 5.41 Å². The minimum atomic E-state index is -0.421. The molecule has 2 aliphatic heterocycles. The molecule has 6 nitrogen and oxygen atoms in total. The highest BCUT2D eigenvalue weighted by Gasteiger charge is 2.36. The molecule has 3 aromatic rings. The minimum Gasteiger partial charge on any atom is -0.490 e. The van der Waals surface area contributed by atoms with Crippen LogP contribution in [0, 0.1) is 12.3 Å². The summed E-state index contributed by atoms with van der Waals surface area (Å²) in [5.41, 5.74) is 5.22. The van der Waals surface area contributed by atoms with Crippen molar-refractivity contribution in [2.45, 2.75) is 20.3 Å². The molecule has 0 aromatic heterocycles. The normalized spacial score (nSPS) is 15.9. The molecule has 0 radical (unpaired) electrons. The van der Waals surface area contributed by atoms with Gasteiger partial charge in [0.1, 0.15) is 30.5 Å². The zero-order valence-electron chi connectivity index (χ0n) is 20.7. The van der Waals surface area contributed by atoms with Crippen molar-refractivity contribution in [3.63, 3.8) is 0 Å². The first-order valence-corrected chi connectivity index (χ1v) is 13.0. The van der Waals surface area contributed by atoms with Crippen LogP contribution in [0.3, 0.4) is 0 Å². The van der Waals surface area contributed by atoms with E-state index in [0.717, 1.165) is 29.0 Å². The van der Waals surface area contributed by atoms with Crippen LogP contribution in [0.4, 0.5) is 0 Å². The quantitative estimate of drug-likeness (QED) is 0.284. The lowest BCUT2D eigenvalue weighted by Gasteiger charge is -2.26. The van der Waals surface area contributed by atoms with Gasteiger partial charge in [0.25, 0.3) is 5.91 Å². The number of ether oxygens (including phenoxy) is 2. The second kappa shape index (κ2) is 10.9. The lowest BCUT2D eigenvalue weighted by molar-refractivity contribution is -0.114. The molecule has 0 atom stereocenters. The number of aliphatic imine (C=N–C) groups is 1. The average Bonchev–Trinajstić information content (AvgIpc) is 3.33. The van der Waals surface area contributed by atoms with Crippen LogP contribution in [0.5, 0.6) is 11.5 Å². The number of amides is 1. The molecule has 1 amide bonds. The Kier molecular flexibility index (Phi) is 7.23. The second-order valence-corrected chi connectivity index (χ2v) is 9.54. The Hall–Kier alpha value is -4.10. The van der Waals surface area contributed by atoms with E-state index in [1.54, 1.807) is 11.0 Å². The maximum Gasteiger partial charge on any atom is 0.283 e. The summed E-state index contributed by atoms with van der Waals surface area (Å²) in [6, 6.07) is 23.5. The predicted molar refractivity (Wildman–Crippen MR) is 150 cm³/mol. The SMILES string of the molecule is CCc1cc(C)cc(OCCOc2cccc(/C=C3/C(=N)N4C(c5ccccc5)=CSC4=NC3=O)c2)c1. The third-order valence-corrected chi connectivity index (χ3v) is 6.82. The summed E-state index contributed by atoms with van der Waals surface area (Å²) in [4.78, 5) is 18.7. The van der Waals surface area contributed by atoms with Gasteiger partial charge in [0, 0.05) is 5.41 Å². The van der Waals surface area contributed by atoms with E-state index in [0.29, 0.717) is 24.1 Å². The highest BCUT2D eigenvalue weighted by molar-refractivity contribution is 8.17. The third-order valence-electron chi connectivity index (χ3n) is 5.99. The Morgan fingerprint density at radius 1 is 0.973 bits per heavy atom. The molecule has 186 valence electrons. The maximum absolute atomic E-state index is 12.8. The fourth-order valence-electron chi connectivity index (χ4n) is 4.21. The smallest absolute Gasteiger partial charge is 0.283 e. The first-order valence-electron chi connectivity index (χ1n) is 12.1. The number of nitrogens with one attached hydrogen (secondary N) is 1. The van der Waals surface area contributed by atoms with E-state index in [4.69, 9.17) is 14.9 Å². The van der Waals surface area contributed by atoms with E-state index in [-0.39, 0.29) is 11.4 Å². The molecule has 0 spiro atoms. The molecule has 0 saturated heterocycles. The van der Waals surface area contributed by atoms with Gasteiger partial charge >= 0.3 is 0 Å². The van der Waals surface area contributed by atoms with E-state index < -0.39 is 5.91 Å². The number of fused-ring (bicyclic) bond motifs is 1. The molecule has 3 aromatic carbocycles. The number of rotatable bonds is 8. The van der Waals surface area contributed by atoms with Gasteiger partial charge < -0.3 is 9.47 Å². The third kappa shape index (κ3) is 5.52. The van der Waals surface area contributed by atoms with Gasteiger partial charge in [-0.15, -0.1) is 0 Å². The number of aryl methyl sites for hydroxylation is 2. The fraction of sp³-hybridized carbons (Fsp3) is 0.167. The molecule has 0 saturated carbocycles. The van der Waals surface area contributed by atoms with Crippen LogP contribution in [0.15, 0.2) is 88.8 Å². The van der Waals surface area contributed by atoms with Gasteiger partial charge in [-0.1, -0.05) is 67.2 Å². The van der Waals surface area contributed by atoms with E-state index in [9.17, 15) is 4.79 Å². The van der Waals surface area contributed by atoms with Crippen molar-refractivity contribution in [1.82, 2.24) is 4.90 Å². The van der Waals surface area contributed by atoms with Crippen molar-refractivity contribution in [2.75, 3.05) is 13.2 Å². The molecule has 7 heteroatoms. The highest BCUT2D eigenvalue weighted by atomic mass is 32.2. The van der Waals surface area contributed by atoms with Crippen molar-refractivity contribution >= 4 is 40.4 Å². The summed E-state index contributed by atoms with van der Waals surface area (Å²) in [6.45, 7) is 4.99. The molecule has 37 heavy (non-hydrogen) atoms. The zero-order chi connectivity index (χ0) is 25.8. The van der Waals surface area contributed by atoms with Crippen molar-refractivity contribution in [2.24, 2.45) is 4.99 Å². The summed E-state index contributed by atoms with van der Waals surface area (Å²) in [5, 5.41) is 11.2. The number of carbonyl (C=O) groups is 1. The number of carbonyl (C=O) groups excluding carboxylic acids is 1. The Labute approximate surface area is 220 Å². The number of amidine groups is 2. The molecular formula is C30H27N3O3S. The predicted octanol–water partition coefficient (Wildman–Crippen LogP) is 6.32. The lowest BCUT2D eigenvalue weighted by atomic mass is 10.1. The van der Waals surface area contributed by atoms with Crippen molar-refractivity contribution < 1.29 is 14.3 Å². The summed E-state index contributed by atoms with van der Waals surface area (Å²) in [6.07, 6.45) is 2.66. The minimum absolute atomic E-state index is 0.111. The first-order chi connectivity index (χ1) is 18.0. The molecule has 2 heterocycles. The zero-order valence-corrected chi connectivity index (χ0v) is 21.5. The van der Waals surface area contributed by atoms with Gasteiger partial charge in [-0.3, -0.25) is 15.1 Å². The maximum atomic E-state index is 12.8. The fourth-order valence-corrected chi connectivity index (χ4v) is 5.10. The van der Waals surface area contributed by atoms with Crippen LogP contribution < -0.4 is 9.47 Å². The number of benzene rings is 3. The number of hydrogen-bond acceptors (Lipinski definition) is 5. The van der Waals surface area contributed by atoms with Gasteiger partial charge in [-0.25, -0.2) is 0 Å². The number of nitrogens with zero attached hydrogens (tertiary/aromatic N) is 2. The van der Waals surface area contributed by atoms with Crippen LogP contribution in [0.25, 0.3) is 11.8 Å². The van der Waals surface area contributed by atoms with Crippen molar-refractivity contribution in [3.8, 4) is 11.5 Å². The van der Waals surface area contributed by atoms with Crippen LogP contribution in [0.2, 0.25) is 0 Å².